The second-order valence-corrected chi connectivity index (χ2v) is 3.84. The smallest absolute Gasteiger partial charge is 0.255 e. The Hall–Kier alpha value is -1.37. The van der Waals surface area contributed by atoms with E-state index in [1.165, 1.54) is 7.05 Å². The van der Waals surface area contributed by atoms with E-state index in [9.17, 15) is 17.6 Å². The van der Waals surface area contributed by atoms with Gasteiger partial charge in [0.15, 0.2) is 11.6 Å². The maximum atomic E-state index is 13.5. The zero-order valence-electron chi connectivity index (χ0n) is 8.88. The van der Waals surface area contributed by atoms with Gasteiger partial charge in [0.1, 0.15) is 4.99 Å². The highest BCUT2D eigenvalue weighted by atomic mass is 32.1. The molecule has 0 heterocycles. The number of nitrogens with two attached hydrogens (primary N) is 1. The van der Waals surface area contributed by atoms with Gasteiger partial charge in [0.25, 0.3) is 6.43 Å². The molecule has 2 nitrogen and oxygen atoms in total. The van der Waals surface area contributed by atoms with Crippen LogP contribution in [0.1, 0.15) is 5.56 Å². The van der Waals surface area contributed by atoms with Crippen molar-refractivity contribution in [2.75, 3.05) is 18.5 Å². The molecule has 7 heteroatoms. The lowest BCUT2D eigenvalue weighted by Gasteiger charge is -2.20. The zero-order valence-corrected chi connectivity index (χ0v) is 9.70. The number of thiocarbonyl (C=S) groups is 1. The number of nitrogens with zero attached hydrogens (tertiary/aromatic N) is 1. The van der Waals surface area contributed by atoms with Crippen LogP contribution < -0.4 is 10.6 Å². The molecule has 0 fully saturated rings. The third-order valence-corrected chi connectivity index (χ3v) is 2.37. The fourth-order valence-corrected chi connectivity index (χ4v) is 1.49. The monoisotopic (exact) mass is 266 g/mol. The van der Waals surface area contributed by atoms with Crippen LogP contribution in [0.25, 0.3) is 0 Å². The van der Waals surface area contributed by atoms with Crippen molar-refractivity contribution in [3.05, 3.63) is 29.3 Å². The van der Waals surface area contributed by atoms with Crippen LogP contribution in [0.3, 0.4) is 0 Å². The van der Waals surface area contributed by atoms with Gasteiger partial charge in [-0.2, -0.15) is 0 Å². The predicted octanol–water partition coefficient (Wildman–Crippen LogP) is 2.30. The number of rotatable bonds is 4. The molecule has 17 heavy (non-hydrogen) atoms. The van der Waals surface area contributed by atoms with Crippen molar-refractivity contribution in [2.45, 2.75) is 6.43 Å². The first-order valence-electron chi connectivity index (χ1n) is 4.61. The van der Waals surface area contributed by atoms with Crippen LogP contribution in [-0.2, 0) is 0 Å². The Kier molecular flexibility index (Phi) is 4.28. The molecule has 94 valence electrons. The average Bonchev–Trinajstić information content (AvgIpc) is 2.20. The molecule has 0 saturated heterocycles. The van der Waals surface area contributed by atoms with E-state index in [-0.39, 0.29) is 16.2 Å². The van der Waals surface area contributed by atoms with Gasteiger partial charge in [0.2, 0.25) is 0 Å². The Morgan fingerprint density at radius 2 is 1.94 bits per heavy atom. The molecule has 0 radical (unpaired) electrons. The van der Waals surface area contributed by atoms with Crippen molar-refractivity contribution in [1.82, 2.24) is 0 Å². The van der Waals surface area contributed by atoms with Crippen molar-refractivity contribution >= 4 is 22.9 Å². The van der Waals surface area contributed by atoms with Crippen LogP contribution >= 0.6 is 12.2 Å². The molecular weight excluding hydrogens is 256 g/mol. The van der Waals surface area contributed by atoms with Crippen LogP contribution in [0.2, 0.25) is 0 Å². The Bertz CT molecular complexity index is 437. The first-order valence-corrected chi connectivity index (χ1v) is 5.02. The van der Waals surface area contributed by atoms with Crippen LogP contribution in [0, 0.1) is 11.6 Å². The lowest BCUT2D eigenvalue weighted by molar-refractivity contribution is 0.156. The molecule has 0 amide bonds. The molecule has 0 atom stereocenters. The standard InChI is InChI=1S/C10H10F4N2S/c1-16(4-7(11)12)6-3-2-5(10(15)17)8(13)9(6)14/h2-3,7H,4H2,1H3,(H2,15,17). The summed E-state index contributed by atoms with van der Waals surface area (Å²) >= 11 is 4.53. The van der Waals surface area contributed by atoms with E-state index >= 15 is 0 Å². The Morgan fingerprint density at radius 1 is 1.35 bits per heavy atom. The van der Waals surface area contributed by atoms with E-state index in [0.29, 0.717) is 0 Å². The van der Waals surface area contributed by atoms with Crippen LogP contribution in [0.4, 0.5) is 23.2 Å². The van der Waals surface area contributed by atoms with Gasteiger partial charge in [-0.25, -0.2) is 17.6 Å². The lowest BCUT2D eigenvalue weighted by atomic mass is 10.1. The van der Waals surface area contributed by atoms with Gasteiger partial charge in [0.05, 0.1) is 12.2 Å². The molecular formula is C10H10F4N2S. The minimum atomic E-state index is -2.64. The molecule has 2 N–H and O–H groups in total. The summed E-state index contributed by atoms with van der Waals surface area (Å²) in [7, 11) is 1.24. The van der Waals surface area contributed by atoms with Gasteiger partial charge in [-0.05, 0) is 12.1 Å². The van der Waals surface area contributed by atoms with Crippen molar-refractivity contribution in [3.63, 3.8) is 0 Å². The summed E-state index contributed by atoms with van der Waals surface area (Å²) < 4.78 is 51.2. The van der Waals surface area contributed by atoms with E-state index in [1.54, 1.807) is 0 Å². The van der Waals surface area contributed by atoms with Gasteiger partial charge >= 0.3 is 0 Å². The zero-order chi connectivity index (χ0) is 13.2. The maximum Gasteiger partial charge on any atom is 0.255 e. The summed E-state index contributed by atoms with van der Waals surface area (Å²) in [5, 5.41) is 0. The SMILES string of the molecule is CN(CC(F)F)c1ccc(C(N)=S)c(F)c1F. The summed E-state index contributed by atoms with van der Waals surface area (Å²) in [5.74, 6) is -2.46. The van der Waals surface area contributed by atoms with Crippen LogP contribution in [0.15, 0.2) is 12.1 Å². The Morgan fingerprint density at radius 3 is 2.41 bits per heavy atom. The third-order valence-electron chi connectivity index (χ3n) is 2.15. The Labute approximate surface area is 101 Å². The fraction of sp³-hybridized carbons (Fsp3) is 0.300. The number of halogens is 4. The molecule has 0 aromatic heterocycles. The summed E-state index contributed by atoms with van der Waals surface area (Å²) in [6.45, 7) is -0.692. The largest absolute Gasteiger partial charge is 0.389 e. The quantitative estimate of drug-likeness (QED) is 0.670. The first kappa shape index (κ1) is 13.7. The maximum absolute atomic E-state index is 13.5. The number of hydrogen-bond donors (Lipinski definition) is 1. The predicted molar refractivity (Wildman–Crippen MR) is 61.5 cm³/mol. The average molecular weight is 266 g/mol. The number of benzene rings is 1. The first-order chi connectivity index (χ1) is 7.84. The normalized spacial score (nSPS) is 10.7. The van der Waals surface area contributed by atoms with Gasteiger partial charge in [-0.15, -0.1) is 0 Å². The van der Waals surface area contributed by atoms with E-state index in [2.05, 4.69) is 12.2 Å². The lowest BCUT2D eigenvalue weighted by Crippen LogP contribution is -2.25. The second kappa shape index (κ2) is 5.31. The number of alkyl halides is 2. The van der Waals surface area contributed by atoms with E-state index in [0.717, 1.165) is 17.0 Å². The fourth-order valence-electron chi connectivity index (χ4n) is 1.33. The molecule has 1 rings (SSSR count). The number of hydrogen-bond acceptors (Lipinski definition) is 2. The van der Waals surface area contributed by atoms with Crippen molar-refractivity contribution in [2.24, 2.45) is 5.73 Å². The molecule has 1 aromatic rings. The van der Waals surface area contributed by atoms with Gasteiger partial charge in [-0.1, -0.05) is 12.2 Å². The topological polar surface area (TPSA) is 29.3 Å². The summed E-state index contributed by atoms with van der Waals surface area (Å²) in [6, 6.07) is 2.33. The molecule has 0 spiro atoms. The van der Waals surface area contributed by atoms with E-state index in [1.807, 2.05) is 0 Å². The number of anilines is 1. The highest BCUT2D eigenvalue weighted by Gasteiger charge is 2.19. The summed E-state index contributed by atoms with van der Waals surface area (Å²) in [4.78, 5) is 0.636. The van der Waals surface area contributed by atoms with Crippen LogP contribution in [0.5, 0.6) is 0 Å². The van der Waals surface area contributed by atoms with Crippen LogP contribution in [-0.4, -0.2) is 25.0 Å². The van der Waals surface area contributed by atoms with E-state index in [4.69, 9.17) is 5.73 Å². The van der Waals surface area contributed by atoms with Crippen molar-refractivity contribution < 1.29 is 17.6 Å². The molecule has 0 aliphatic rings. The van der Waals surface area contributed by atoms with Gasteiger partial charge < -0.3 is 10.6 Å². The third kappa shape index (κ3) is 3.06. The molecule has 0 bridgehead atoms. The molecule has 1 aromatic carbocycles. The van der Waals surface area contributed by atoms with Crippen molar-refractivity contribution in [1.29, 1.82) is 0 Å². The minimum absolute atomic E-state index is 0.244. The molecule has 0 unspecified atom stereocenters. The second-order valence-electron chi connectivity index (χ2n) is 3.40. The van der Waals surface area contributed by atoms with Gasteiger partial charge in [0, 0.05) is 12.6 Å². The van der Waals surface area contributed by atoms with Gasteiger partial charge in [-0.3, -0.25) is 0 Å². The Balaban J connectivity index is 3.12. The molecule has 0 aliphatic carbocycles. The highest BCUT2D eigenvalue weighted by Crippen LogP contribution is 2.23. The summed E-state index contributed by atoms with van der Waals surface area (Å²) in [6.07, 6.45) is -2.64. The molecule has 0 saturated carbocycles. The molecule has 0 aliphatic heterocycles. The van der Waals surface area contributed by atoms with E-state index < -0.39 is 24.6 Å². The highest BCUT2D eigenvalue weighted by molar-refractivity contribution is 7.80. The summed E-state index contributed by atoms with van der Waals surface area (Å²) in [5.41, 5.74) is 4.68. The minimum Gasteiger partial charge on any atom is -0.389 e. The van der Waals surface area contributed by atoms with Crippen molar-refractivity contribution in [3.8, 4) is 0 Å².